The molecule has 0 aromatic carbocycles. The van der Waals surface area contributed by atoms with Crippen molar-refractivity contribution in [3.8, 4) is 0 Å². The third-order valence-electron chi connectivity index (χ3n) is 1.38. The average Bonchev–Trinajstić information content (AvgIpc) is 2.02. The highest BCUT2D eigenvalue weighted by atomic mass is 31.1. The average molecular weight is 206 g/mol. The Bertz CT molecular complexity index is 245. The molecule has 0 saturated heterocycles. The number of rotatable bonds is 4. The molecule has 0 aliphatic carbocycles. The summed E-state index contributed by atoms with van der Waals surface area (Å²) in [5, 5.41) is 9.18. The Hall–Kier alpha value is -0.930. The van der Waals surface area contributed by atoms with Crippen LogP contribution < -0.4 is 4.89 Å². The number of hydrogen-bond acceptors (Lipinski definition) is 5. The predicted octanol–water partition coefficient (Wildman–Crippen LogP) is 1.18. The monoisotopic (exact) mass is 206 g/mol. The first-order valence-electron chi connectivity index (χ1n) is 3.74. The quantitative estimate of drug-likeness (QED) is 0.424. The van der Waals surface area contributed by atoms with Gasteiger partial charge in [0.15, 0.2) is 0 Å². The molecule has 0 aromatic rings. The fraction of sp³-hybridized carbons (Fsp3) is 0.571. The van der Waals surface area contributed by atoms with Crippen molar-refractivity contribution < 1.29 is 23.9 Å². The van der Waals surface area contributed by atoms with Crippen LogP contribution in [-0.4, -0.2) is 11.1 Å². The van der Waals surface area contributed by atoms with Crippen LogP contribution >= 0.6 is 8.25 Å². The number of aliphatic hydroxyl groups is 1. The maximum Gasteiger partial charge on any atom is 0.542 e. The van der Waals surface area contributed by atoms with Gasteiger partial charge in [0.25, 0.3) is 0 Å². The SMILES string of the molecule is CCCC(O)=C(C)C(=O)O[P+](=O)[O-]. The Morgan fingerprint density at radius 3 is 2.54 bits per heavy atom. The molecule has 1 N–H and O–H groups in total. The highest BCUT2D eigenvalue weighted by molar-refractivity contribution is 7.31. The van der Waals surface area contributed by atoms with Gasteiger partial charge in [-0.3, -0.25) is 0 Å². The summed E-state index contributed by atoms with van der Waals surface area (Å²) in [5.41, 5.74) is -0.0685. The lowest BCUT2D eigenvalue weighted by atomic mass is 10.2. The van der Waals surface area contributed by atoms with E-state index in [1.54, 1.807) is 0 Å². The molecular formula is C7H11O5P. The minimum atomic E-state index is -3.20. The Balaban J connectivity index is 4.38. The molecule has 13 heavy (non-hydrogen) atoms. The van der Waals surface area contributed by atoms with E-state index in [4.69, 9.17) is 0 Å². The van der Waals surface area contributed by atoms with Gasteiger partial charge in [-0.2, -0.15) is 0 Å². The molecule has 0 fully saturated rings. The number of carbonyl (C=O) groups excluding carboxylic acids is 1. The molecule has 0 aliphatic heterocycles. The van der Waals surface area contributed by atoms with E-state index in [2.05, 4.69) is 4.52 Å². The largest absolute Gasteiger partial charge is 0.558 e. The van der Waals surface area contributed by atoms with Gasteiger partial charge in [0.05, 0.1) is 5.57 Å². The number of allylic oxidation sites excluding steroid dienone is 1. The van der Waals surface area contributed by atoms with E-state index in [1.165, 1.54) is 6.92 Å². The third kappa shape index (κ3) is 4.60. The summed E-state index contributed by atoms with van der Waals surface area (Å²) >= 11 is 0. The summed E-state index contributed by atoms with van der Waals surface area (Å²) in [5.74, 6) is -1.16. The Morgan fingerprint density at radius 2 is 2.15 bits per heavy atom. The molecule has 74 valence electrons. The predicted molar refractivity (Wildman–Crippen MR) is 43.9 cm³/mol. The van der Waals surface area contributed by atoms with Gasteiger partial charge in [0, 0.05) is 6.42 Å². The van der Waals surface area contributed by atoms with Crippen molar-refractivity contribution in [2.24, 2.45) is 0 Å². The number of aliphatic hydroxyl groups excluding tert-OH is 1. The second-order valence-corrected chi connectivity index (χ2v) is 3.05. The van der Waals surface area contributed by atoms with Crippen molar-refractivity contribution in [2.75, 3.05) is 0 Å². The summed E-state index contributed by atoms with van der Waals surface area (Å²) in [6, 6.07) is 0. The third-order valence-corrected chi connectivity index (χ3v) is 1.70. The van der Waals surface area contributed by atoms with E-state index in [1.807, 2.05) is 6.92 Å². The van der Waals surface area contributed by atoms with Crippen molar-refractivity contribution in [3.05, 3.63) is 11.3 Å². The molecule has 5 nitrogen and oxygen atoms in total. The van der Waals surface area contributed by atoms with Gasteiger partial charge in [-0.05, 0) is 17.9 Å². The molecule has 0 spiro atoms. The normalized spacial score (nSPS) is 13.3. The topological polar surface area (TPSA) is 86.7 Å². The molecule has 0 aliphatic rings. The van der Waals surface area contributed by atoms with E-state index < -0.39 is 14.2 Å². The van der Waals surface area contributed by atoms with Crippen LogP contribution in [-0.2, 0) is 13.9 Å². The second-order valence-electron chi connectivity index (χ2n) is 2.42. The number of carbonyl (C=O) groups is 1. The highest BCUT2D eigenvalue weighted by Crippen LogP contribution is 2.16. The van der Waals surface area contributed by atoms with Gasteiger partial charge in [-0.1, -0.05) is 6.92 Å². The molecule has 0 rings (SSSR count). The van der Waals surface area contributed by atoms with Crippen LogP contribution in [0.3, 0.4) is 0 Å². The lowest BCUT2D eigenvalue weighted by molar-refractivity contribution is -0.187. The summed E-state index contributed by atoms with van der Waals surface area (Å²) in [6.07, 6.45) is 0.997. The summed E-state index contributed by atoms with van der Waals surface area (Å²) < 4.78 is 13.9. The standard InChI is InChI=1S/C7H11O5P/c1-3-4-6(8)5(2)7(9)12-13(10)11/h8H,3-4H2,1-2H3. The number of hydrogen-bond donors (Lipinski definition) is 1. The lowest BCUT2D eigenvalue weighted by Crippen LogP contribution is -2.06. The molecular weight excluding hydrogens is 195 g/mol. The van der Waals surface area contributed by atoms with Crippen LogP contribution in [0.1, 0.15) is 26.7 Å². The van der Waals surface area contributed by atoms with Gasteiger partial charge in [-0.15, -0.1) is 0 Å². The summed E-state index contributed by atoms with van der Waals surface area (Å²) in [6.45, 7) is 3.13. The smallest absolute Gasteiger partial charge is 0.542 e. The van der Waals surface area contributed by atoms with Crippen molar-refractivity contribution >= 4 is 14.2 Å². The van der Waals surface area contributed by atoms with Gasteiger partial charge >= 0.3 is 14.2 Å². The molecule has 0 aromatic heterocycles. The molecule has 0 radical (unpaired) electrons. The molecule has 1 unspecified atom stereocenters. The van der Waals surface area contributed by atoms with Crippen LogP contribution in [0.25, 0.3) is 0 Å². The van der Waals surface area contributed by atoms with Gasteiger partial charge in [0.1, 0.15) is 5.76 Å². The van der Waals surface area contributed by atoms with Crippen LogP contribution in [0.2, 0.25) is 0 Å². The first-order valence-corrected chi connectivity index (χ1v) is 4.84. The zero-order valence-corrected chi connectivity index (χ0v) is 8.34. The van der Waals surface area contributed by atoms with E-state index in [0.29, 0.717) is 12.8 Å². The maximum absolute atomic E-state index is 10.8. The van der Waals surface area contributed by atoms with Crippen LogP contribution in [0, 0.1) is 0 Å². The van der Waals surface area contributed by atoms with Crippen LogP contribution in [0.5, 0.6) is 0 Å². The van der Waals surface area contributed by atoms with Crippen molar-refractivity contribution in [2.45, 2.75) is 26.7 Å². The van der Waals surface area contributed by atoms with Crippen molar-refractivity contribution in [1.29, 1.82) is 0 Å². The highest BCUT2D eigenvalue weighted by Gasteiger charge is 2.17. The van der Waals surface area contributed by atoms with Crippen LogP contribution in [0.15, 0.2) is 11.3 Å². The lowest BCUT2D eigenvalue weighted by Gasteiger charge is -2.00. The van der Waals surface area contributed by atoms with E-state index in [0.717, 1.165) is 0 Å². The zero-order valence-electron chi connectivity index (χ0n) is 7.44. The van der Waals surface area contributed by atoms with E-state index in [9.17, 15) is 19.4 Å². The van der Waals surface area contributed by atoms with E-state index in [-0.39, 0.29) is 11.3 Å². The fourth-order valence-electron chi connectivity index (χ4n) is 0.678. The van der Waals surface area contributed by atoms with Gasteiger partial charge in [-0.25, -0.2) is 9.32 Å². The molecule has 0 saturated carbocycles. The van der Waals surface area contributed by atoms with Crippen molar-refractivity contribution in [3.63, 3.8) is 0 Å². The Kier molecular flexibility index (Phi) is 5.26. The fourth-order valence-corrected chi connectivity index (χ4v) is 0.951. The van der Waals surface area contributed by atoms with Crippen LogP contribution in [0.4, 0.5) is 0 Å². The first kappa shape index (κ1) is 12.1. The van der Waals surface area contributed by atoms with Gasteiger partial charge in [0.2, 0.25) is 0 Å². The van der Waals surface area contributed by atoms with Crippen molar-refractivity contribution in [1.82, 2.24) is 0 Å². The maximum atomic E-state index is 10.8. The minimum absolute atomic E-state index is 0.0685. The molecule has 0 amide bonds. The molecule has 0 heterocycles. The second kappa shape index (κ2) is 5.67. The minimum Gasteiger partial charge on any atom is -0.558 e. The first-order chi connectivity index (χ1) is 5.99. The van der Waals surface area contributed by atoms with E-state index >= 15 is 0 Å². The molecule has 0 bridgehead atoms. The Morgan fingerprint density at radius 1 is 1.62 bits per heavy atom. The zero-order chi connectivity index (χ0) is 10.4. The molecule has 6 heteroatoms. The summed E-state index contributed by atoms with van der Waals surface area (Å²) in [4.78, 5) is 20.8. The summed E-state index contributed by atoms with van der Waals surface area (Å²) in [7, 11) is -3.20. The molecule has 1 atom stereocenters. The Labute approximate surface area is 77.0 Å². The van der Waals surface area contributed by atoms with Gasteiger partial charge < -0.3 is 10.00 Å².